The quantitative estimate of drug-likeness (QED) is 0.594. The molecule has 0 fully saturated rings. The first-order valence-electron chi connectivity index (χ1n) is 10.3. The molecule has 0 unspecified atom stereocenters. The maximum Gasteiger partial charge on any atom is 0.407 e. The van der Waals surface area contributed by atoms with Gasteiger partial charge < -0.3 is 24.8 Å². The van der Waals surface area contributed by atoms with Crippen molar-refractivity contribution in [1.82, 2.24) is 10.6 Å². The third-order valence-electron chi connectivity index (χ3n) is 4.46. The lowest BCUT2D eigenvalue weighted by Gasteiger charge is -2.38. The number of ether oxygens (including phenoxy) is 3. The van der Waals surface area contributed by atoms with Crippen LogP contribution in [0.2, 0.25) is 0 Å². The second-order valence-corrected chi connectivity index (χ2v) is 8.13. The maximum atomic E-state index is 12.4. The van der Waals surface area contributed by atoms with Crippen molar-refractivity contribution in [1.29, 1.82) is 0 Å². The molecular formula is C21H36N2O6. The Morgan fingerprint density at radius 2 is 1.76 bits per heavy atom. The SMILES string of the molecule is CCOC(=O)C1=C[C@@H](OC(CC)CC)[C@H](NC(C)=O)[C@@H](NC(=O)OC(C)(C)C)C1. The van der Waals surface area contributed by atoms with Gasteiger partial charge in [0.1, 0.15) is 5.60 Å². The van der Waals surface area contributed by atoms with E-state index < -0.39 is 35.9 Å². The van der Waals surface area contributed by atoms with Crippen molar-refractivity contribution in [2.45, 2.75) is 97.6 Å². The van der Waals surface area contributed by atoms with Gasteiger partial charge >= 0.3 is 12.1 Å². The topological polar surface area (TPSA) is 103 Å². The zero-order valence-electron chi connectivity index (χ0n) is 18.7. The highest BCUT2D eigenvalue weighted by Gasteiger charge is 2.39. The molecule has 29 heavy (non-hydrogen) atoms. The van der Waals surface area contributed by atoms with Crippen LogP contribution in [0.4, 0.5) is 4.79 Å². The molecule has 0 saturated carbocycles. The Hall–Kier alpha value is -2.09. The second kappa shape index (κ2) is 11.2. The smallest absolute Gasteiger partial charge is 0.407 e. The van der Waals surface area contributed by atoms with E-state index in [2.05, 4.69) is 10.6 Å². The minimum Gasteiger partial charge on any atom is -0.463 e. The number of esters is 1. The lowest BCUT2D eigenvalue weighted by Crippen LogP contribution is -2.60. The number of carbonyl (C=O) groups excluding carboxylic acids is 3. The van der Waals surface area contributed by atoms with E-state index in [-0.39, 0.29) is 25.0 Å². The summed E-state index contributed by atoms with van der Waals surface area (Å²) >= 11 is 0. The van der Waals surface area contributed by atoms with Gasteiger partial charge in [-0.1, -0.05) is 13.8 Å². The summed E-state index contributed by atoms with van der Waals surface area (Å²) < 4.78 is 16.7. The number of amides is 2. The standard InChI is InChI=1S/C21H36N2O6/c1-8-15(9-2)28-17-12-14(19(25)27-10-3)11-16(18(17)22-13(4)24)23-20(26)29-21(5,6)7/h12,15-18H,8-11H2,1-7H3,(H,22,24)(H,23,26)/t16-,17+,18+/m0/s1. The first-order valence-corrected chi connectivity index (χ1v) is 10.3. The second-order valence-electron chi connectivity index (χ2n) is 8.13. The third-order valence-corrected chi connectivity index (χ3v) is 4.46. The highest BCUT2D eigenvalue weighted by molar-refractivity contribution is 5.89. The molecule has 0 bridgehead atoms. The maximum absolute atomic E-state index is 12.4. The van der Waals surface area contributed by atoms with E-state index >= 15 is 0 Å². The fourth-order valence-electron chi connectivity index (χ4n) is 3.18. The van der Waals surface area contributed by atoms with Crippen LogP contribution >= 0.6 is 0 Å². The van der Waals surface area contributed by atoms with Crippen LogP contribution in [0.3, 0.4) is 0 Å². The fourth-order valence-corrected chi connectivity index (χ4v) is 3.18. The Balaban J connectivity index is 3.20. The van der Waals surface area contributed by atoms with Gasteiger partial charge in [0.15, 0.2) is 0 Å². The Labute approximate surface area is 173 Å². The van der Waals surface area contributed by atoms with Gasteiger partial charge in [0, 0.05) is 18.9 Å². The highest BCUT2D eigenvalue weighted by Crippen LogP contribution is 2.25. The van der Waals surface area contributed by atoms with Gasteiger partial charge in [-0.15, -0.1) is 0 Å². The van der Waals surface area contributed by atoms with E-state index in [0.717, 1.165) is 12.8 Å². The molecule has 1 aliphatic carbocycles. The number of hydrogen-bond donors (Lipinski definition) is 2. The first-order chi connectivity index (χ1) is 13.5. The van der Waals surface area contributed by atoms with Crippen LogP contribution in [0.1, 0.15) is 67.7 Å². The van der Waals surface area contributed by atoms with Gasteiger partial charge in [-0.2, -0.15) is 0 Å². The summed E-state index contributed by atoms with van der Waals surface area (Å²) in [6.07, 6.45) is 2.21. The Bertz CT molecular complexity index is 607. The number of carbonyl (C=O) groups is 3. The Morgan fingerprint density at radius 1 is 1.14 bits per heavy atom. The normalized spacial score (nSPS) is 21.9. The van der Waals surface area contributed by atoms with Crippen molar-refractivity contribution < 1.29 is 28.6 Å². The summed E-state index contributed by atoms with van der Waals surface area (Å²) in [6.45, 7) is 12.7. The molecule has 8 nitrogen and oxygen atoms in total. The predicted molar refractivity (Wildman–Crippen MR) is 109 cm³/mol. The van der Waals surface area contributed by atoms with Crippen LogP contribution < -0.4 is 10.6 Å². The van der Waals surface area contributed by atoms with E-state index in [1.165, 1.54) is 6.92 Å². The van der Waals surface area contributed by atoms with Gasteiger partial charge in [0.2, 0.25) is 5.91 Å². The third kappa shape index (κ3) is 8.43. The van der Waals surface area contributed by atoms with Crippen molar-refractivity contribution in [2.75, 3.05) is 6.61 Å². The minimum atomic E-state index is -0.673. The van der Waals surface area contributed by atoms with Gasteiger partial charge in [-0.3, -0.25) is 4.79 Å². The van der Waals surface area contributed by atoms with Crippen molar-refractivity contribution in [3.8, 4) is 0 Å². The average Bonchev–Trinajstić information content (AvgIpc) is 2.59. The van der Waals surface area contributed by atoms with E-state index in [1.807, 2.05) is 13.8 Å². The molecule has 2 N–H and O–H groups in total. The van der Waals surface area contributed by atoms with Crippen LogP contribution in [-0.4, -0.2) is 54.5 Å². The summed E-state index contributed by atoms with van der Waals surface area (Å²) in [7, 11) is 0. The number of nitrogens with one attached hydrogen (secondary N) is 2. The van der Waals surface area contributed by atoms with Crippen molar-refractivity contribution in [3.05, 3.63) is 11.6 Å². The van der Waals surface area contributed by atoms with Crippen molar-refractivity contribution >= 4 is 18.0 Å². The molecule has 1 rings (SSSR count). The molecule has 166 valence electrons. The largest absolute Gasteiger partial charge is 0.463 e. The summed E-state index contributed by atoms with van der Waals surface area (Å²) in [5.41, 5.74) is -0.265. The van der Waals surface area contributed by atoms with Gasteiger partial charge in [0.05, 0.1) is 30.9 Å². The number of alkyl carbamates (subject to hydrolysis) is 1. The van der Waals surface area contributed by atoms with Crippen LogP contribution in [0.25, 0.3) is 0 Å². The summed E-state index contributed by atoms with van der Waals surface area (Å²) in [4.78, 5) is 36.6. The van der Waals surface area contributed by atoms with Gasteiger partial charge in [-0.25, -0.2) is 9.59 Å². The molecule has 2 amide bonds. The van der Waals surface area contributed by atoms with E-state index in [0.29, 0.717) is 5.57 Å². The van der Waals surface area contributed by atoms with Gasteiger partial charge in [-0.05, 0) is 46.6 Å². The predicted octanol–water partition coefficient (Wildman–Crippen LogP) is 2.85. The van der Waals surface area contributed by atoms with Crippen LogP contribution in [-0.2, 0) is 23.8 Å². The fraction of sp³-hybridized carbons (Fsp3) is 0.762. The lowest BCUT2D eigenvalue weighted by molar-refractivity contribution is -0.139. The zero-order chi connectivity index (χ0) is 22.2. The van der Waals surface area contributed by atoms with Crippen molar-refractivity contribution in [2.24, 2.45) is 0 Å². The number of hydrogen-bond acceptors (Lipinski definition) is 6. The van der Waals surface area contributed by atoms with E-state index in [1.54, 1.807) is 33.8 Å². The molecular weight excluding hydrogens is 376 g/mol. The number of rotatable bonds is 8. The molecule has 8 heteroatoms. The lowest BCUT2D eigenvalue weighted by atomic mass is 9.87. The molecule has 0 radical (unpaired) electrons. The zero-order valence-corrected chi connectivity index (χ0v) is 18.7. The molecule has 1 aliphatic rings. The van der Waals surface area contributed by atoms with Crippen LogP contribution in [0.15, 0.2) is 11.6 Å². The summed E-state index contributed by atoms with van der Waals surface area (Å²) in [5.74, 6) is -0.708. The molecule has 0 aromatic heterocycles. The Kier molecular flexibility index (Phi) is 9.62. The monoisotopic (exact) mass is 412 g/mol. The molecule has 0 aromatic carbocycles. The van der Waals surface area contributed by atoms with Crippen LogP contribution in [0, 0.1) is 0 Å². The molecule has 3 atom stereocenters. The highest BCUT2D eigenvalue weighted by atomic mass is 16.6. The van der Waals surface area contributed by atoms with E-state index in [9.17, 15) is 14.4 Å². The molecule has 0 aliphatic heterocycles. The van der Waals surface area contributed by atoms with Crippen molar-refractivity contribution in [3.63, 3.8) is 0 Å². The molecule has 0 heterocycles. The average molecular weight is 413 g/mol. The summed E-state index contributed by atoms with van der Waals surface area (Å²) in [5, 5.41) is 5.66. The Morgan fingerprint density at radius 3 is 2.24 bits per heavy atom. The van der Waals surface area contributed by atoms with E-state index in [4.69, 9.17) is 14.2 Å². The minimum absolute atomic E-state index is 0.0452. The molecule has 0 saturated heterocycles. The first kappa shape index (κ1) is 24.9. The summed E-state index contributed by atoms with van der Waals surface area (Å²) in [6, 6.07) is -1.13. The molecule has 0 aromatic rings. The van der Waals surface area contributed by atoms with Gasteiger partial charge in [0.25, 0.3) is 0 Å². The van der Waals surface area contributed by atoms with Crippen LogP contribution in [0.5, 0.6) is 0 Å². The molecule has 0 spiro atoms.